The molecule has 1 rings (SSSR count). The van der Waals surface area contributed by atoms with Gasteiger partial charge in [0.25, 0.3) is 0 Å². The second-order valence-electron chi connectivity index (χ2n) is 5.85. The highest BCUT2D eigenvalue weighted by Crippen LogP contribution is 2.51. The van der Waals surface area contributed by atoms with Crippen LogP contribution in [-0.2, 0) is 0 Å². The molecule has 1 aliphatic rings. The van der Waals surface area contributed by atoms with Gasteiger partial charge in [0.15, 0.2) is 0 Å². The largest absolute Gasteiger partial charge is 0.290 e. The Labute approximate surface area is 101 Å². The van der Waals surface area contributed by atoms with Gasteiger partial charge in [0.2, 0.25) is 0 Å². The van der Waals surface area contributed by atoms with Gasteiger partial charge in [0.05, 0.1) is 5.54 Å². The predicted molar refractivity (Wildman–Crippen MR) is 73.1 cm³/mol. The van der Waals surface area contributed by atoms with Crippen molar-refractivity contribution in [1.29, 1.82) is 0 Å². The Hall–Kier alpha value is -0.590. The Kier molecular flexibility index (Phi) is 4.35. The summed E-state index contributed by atoms with van der Waals surface area (Å²) in [5.41, 5.74) is 1.73. The number of rotatable bonds is 5. The Morgan fingerprint density at radius 1 is 1.44 bits per heavy atom. The number of hydrogen-bond acceptors (Lipinski definition) is 1. The molecule has 0 bridgehead atoms. The molecule has 0 aromatic carbocycles. The lowest BCUT2D eigenvalue weighted by molar-refractivity contribution is 0.535. The summed E-state index contributed by atoms with van der Waals surface area (Å²) in [7, 11) is 0. The van der Waals surface area contributed by atoms with Gasteiger partial charge < -0.3 is 0 Å². The zero-order valence-electron chi connectivity index (χ0n) is 11.7. The number of aliphatic imine (C=N–C) groups is 1. The molecule has 0 spiro atoms. The Morgan fingerprint density at radius 3 is 2.56 bits per heavy atom. The molecule has 0 heterocycles. The molecule has 0 aliphatic heterocycles. The average Bonchev–Trinajstić information content (AvgIpc) is 2.88. The summed E-state index contributed by atoms with van der Waals surface area (Å²) in [6.07, 6.45) is 6.89. The molecule has 3 atom stereocenters. The van der Waals surface area contributed by atoms with Crippen LogP contribution in [0.5, 0.6) is 0 Å². The molecular formula is C15H27N. The first-order chi connectivity index (χ1) is 7.40. The number of allylic oxidation sites excluding steroid dienone is 1. The Bertz CT molecular complexity index is 288. The maximum atomic E-state index is 4.81. The highest BCUT2D eigenvalue weighted by atomic mass is 14.9. The first-order valence-electron chi connectivity index (χ1n) is 6.62. The van der Waals surface area contributed by atoms with E-state index in [0.29, 0.717) is 17.8 Å². The van der Waals surface area contributed by atoms with Crippen molar-refractivity contribution in [3.8, 4) is 0 Å². The van der Waals surface area contributed by atoms with Gasteiger partial charge in [-0.1, -0.05) is 39.3 Å². The third-order valence-electron chi connectivity index (χ3n) is 3.94. The minimum Gasteiger partial charge on any atom is -0.290 e. The van der Waals surface area contributed by atoms with Crippen LogP contribution in [0, 0.1) is 17.8 Å². The second kappa shape index (κ2) is 5.16. The van der Waals surface area contributed by atoms with Crippen LogP contribution in [0.2, 0.25) is 0 Å². The normalized spacial score (nSPS) is 32.4. The highest BCUT2D eigenvalue weighted by molar-refractivity contribution is 5.62. The summed E-state index contributed by atoms with van der Waals surface area (Å²) in [6, 6.07) is 0. The van der Waals surface area contributed by atoms with E-state index >= 15 is 0 Å². The summed E-state index contributed by atoms with van der Waals surface area (Å²) in [6.45, 7) is 13.5. The van der Waals surface area contributed by atoms with Gasteiger partial charge in [0.1, 0.15) is 0 Å². The van der Waals surface area contributed by atoms with Crippen molar-refractivity contribution in [1.82, 2.24) is 0 Å². The van der Waals surface area contributed by atoms with Crippen LogP contribution in [-0.4, -0.2) is 11.8 Å². The lowest BCUT2D eigenvalue weighted by atomic mass is 9.99. The van der Waals surface area contributed by atoms with E-state index in [4.69, 9.17) is 4.99 Å². The topological polar surface area (TPSA) is 12.4 Å². The fraction of sp³-hybridized carbons (Fsp3) is 0.800. The summed E-state index contributed by atoms with van der Waals surface area (Å²) in [5, 5.41) is 0. The van der Waals surface area contributed by atoms with Gasteiger partial charge in [-0.05, 0) is 38.5 Å². The summed E-state index contributed by atoms with van der Waals surface area (Å²) >= 11 is 0. The third-order valence-corrected chi connectivity index (χ3v) is 3.94. The van der Waals surface area contributed by atoms with Crippen LogP contribution >= 0.6 is 0 Å². The third kappa shape index (κ3) is 3.20. The summed E-state index contributed by atoms with van der Waals surface area (Å²) in [4.78, 5) is 4.81. The monoisotopic (exact) mass is 221 g/mol. The van der Waals surface area contributed by atoms with Crippen molar-refractivity contribution in [3.05, 3.63) is 11.6 Å². The Balaban J connectivity index is 2.55. The van der Waals surface area contributed by atoms with Crippen molar-refractivity contribution in [2.75, 3.05) is 0 Å². The standard InChI is InChI=1S/C15H27N/c1-7-8-12(4)14-9-15(14,6)16-10-13(5)11(2)3/h8,10-11,13-14H,7,9H2,1-6H3/b12-8+,16-10?. The summed E-state index contributed by atoms with van der Waals surface area (Å²) < 4.78 is 0. The molecule has 16 heavy (non-hydrogen) atoms. The molecule has 0 saturated heterocycles. The van der Waals surface area contributed by atoms with Gasteiger partial charge in [-0.15, -0.1) is 0 Å². The molecule has 1 fully saturated rings. The zero-order valence-corrected chi connectivity index (χ0v) is 11.7. The minimum atomic E-state index is 0.207. The second-order valence-corrected chi connectivity index (χ2v) is 5.85. The van der Waals surface area contributed by atoms with Crippen LogP contribution in [0.25, 0.3) is 0 Å². The molecule has 1 saturated carbocycles. The maximum Gasteiger partial charge on any atom is 0.0648 e. The van der Waals surface area contributed by atoms with E-state index < -0.39 is 0 Å². The molecule has 1 aliphatic carbocycles. The van der Waals surface area contributed by atoms with E-state index in [9.17, 15) is 0 Å². The van der Waals surface area contributed by atoms with Crippen molar-refractivity contribution < 1.29 is 0 Å². The van der Waals surface area contributed by atoms with E-state index in [-0.39, 0.29) is 5.54 Å². The van der Waals surface area contributed by atoms with E-state index in [0.717, 1.165) is 6.42 Å². The smallest absolute Gasteiger partial charge is 0.0648 e. The van der Waals surface area contributed by atoms with Crippen molar-refractivity contribution in [2.45, 2.75) is 59.9 Å². The molecule has 92 valence electrons. The van der Waals surface area contributed by atoms with Crippen LogP contribution < -0.4 is 0 Å². The van der Waals surface area contributed by atoms with Crippen LogP contribution in [0.15, 0.2) is 16.6 Å². The number of nitrogens with zero attached hydrogens (tertiary/aromatic N) is 1. The van der Waals surface area contributed by atoms with Crippen LogP contribution in [0.3, 0.4) is 0 Å². The van der Waals surface area contributed by atoms with Crippen LogP contribution in [0.4, 0.5) is 0 Å². The fourth-order valence-corrected chi connectivity index (χ4v) is 2.07. The van der Waals surface area contributed by atoms with E-state index in [1.54, 1.807) is 0 Å². The lowest BCUT2D eigenvalue weighted by Gasteiger charge is -2.11. The molecule has 0 aromatic rings. The van der Waals surface area contributed by atoms with E-state index in [1.165, 1.54) is 12.0 Å². The Morgan fingerprint density at radius 2 is 2.06 bits per heavy atom. The first-order valence-corrected chi connectivity index (χ1v) is 6.62. The van der Waals surface area contributed by atoms with Gasteiger partial charge in [0, 0.05) is 12.1 Å². The van der Waals surface area contributed by atoms with Gasteiger partial charge in [-0.3, -0.25) is 4.99 Å². The van der Waals surface area contributed by atoms with Crippen molar-refractivity contribution in [3.63, 3.8) is 0 Å². The van der Waals surface area contributed by atoms with E-state index in [1.807, 2.05) is 0 Å². The fourth-order valence-electron chi connectivity index (χ4n) is 2.07. The molecule has 1 heteroatoms. The quantitative estimate of drug-likeness (QED) is 0.479. The predicted octanol–water partition coefficient (Wildman–Crippen LogP) is 4.48. The molecular weight excluding hydrogens is 194 g/mol. The maximum absolute atomic E-state index is 4.81. The highest BCUT2D eigenvalue weighted by Gasteiger charge is 2.50. The molecule has 0 amide bonds. The molecule has 0 N–H and O–H groups in total. The summed E-state index contributed by atoms with van der Waals surface area (Å²) in [5.74, 6) is 1.98. The first kappa shape index (κ1) is 13.5. The lowest BCUT2D eigenvalue weighted by Crippen LogP contribution is -2.10. The van der Waals surface area contributed by atoms with Crippen LogP contribution in [0.1, 0.15) is 54.4 Å². The minimum absolute atomic E-state index is 0.207. The van der Waals surface area contributed by atoms with E-state index in [2.05, 4.69) is 53.8 Å². The van der Waals surface area contributed by atoms with Gasteiger partial charge >= 0.3 is 0 Å². The molecule has 0 aromatic heterocycles. The average molecular weight is 221 g/mol. The van der Waals surface area contributed by atoms with Crippen molar-refractivity contribution in [2.24, 2.45) is 22.7 Å². The molecule has 1 nitrogen and oxygen atoms in total. The molecule has 3 unspecified atom stereocenters. The van der Waals surface area contributed by atoms with Gasteiger partial charge in [-0.25, -0.2) is 0 Å². The molecule has 0 radical (unpaired) electrons. The zero-order chi connectivity index (χ0) is 12.3. The van der Waals surface area contributed by atoms with Gasteiger partial charge in [-0.2, -0.15) is 0 Å². The SMILES string of the molecule is CC/C=C(\C)C1CC1(C)N=CC(C)C(C)C. The van der Waals surface area contributed by atoms with Crippen molar-refractivity contribution >= 4 is 6.21 Å². The number of hydrogen-bond donors (Lipinski definition) is 0.